The quantitative estimate of drug-likeness (QED) is 0.778. The maximum atomic E-state index is 6.03. The van der Waals surface area contributed by atoms with Gasteiger partial charge in [-0.3, -0.25) is 4.68 Å². The van der Waals surface area contributed by atoms with Crippen molar-refractivity contribution < 1.29 is 0 Å². The Morgan fingerprint density at radius 2 is 2.06 bits per heavy atom. The Labute approximate surface area is 112 Å². The van der Waals surface area contributed by atoms with E-state index in [2.05, 4.69) is 28.9 Å². The molecule has 0 bridgehead atoms. The van der Waals surface area contributed by atoms with Crippen molar-refractivity contribution in [3.05, 3.63) is 29.4 Å². The zero-order valence-corrected chi connectivity index (χ0v) is 11.5. The van der Waals surface area contributed by atoms with E-state index in [1.165, 1.54) is 0 Å². The molecule has 0 aromatic carbocycles. The van der Waals surface area contributed by atoms with Crippen LogP contribution in [0.15, 0.2) is 18.5 Å². The molecule has 0 aliphatic rings. The van der Waals surface area contributed by atoms with Crippen LogP contribution in [-0.4, -0.2) is 19.7 Å². The van der Waals surface area contributed by atoms with Crippen molar-refractivity contribution >= 4 is 11.6 Å². The fourth-order valence-electron chi connectivity index (χ4n) is 1.80. The van der Waals surface area contributed by atoms with Gasteiger partial charge >= 0.3 is 0 Å². The SMILES string of the molecule is CCCc1nc(Cl)cc(-c2cnn(CCC)c2)n1. The maximum Gasteiger partial charge on any atom is 0.133 e. The Balaban J connectivity index is 2.30. The molecule has 0 amide bonds. The largest absolute Gasteiger partial charge is 0.272 e. The van der Waals surface area contributed by atoms with E-state index in [1.807, 2.05) is 17.1 Å². The maximum absolute atomic E-state index is 6.03. The lowest BCUT2D eigenvalue weighted by molar-refractivity contribution is 0.603. The fourth-order valence-corrected chi connectivity index (χ4v) is 2.00. The predicted molar refractivity (Wildman–Crippen MR) is 72.5 cm³/mol. The number of aryl methyl sites for hydroxylation is 2. The summed E-state index contributed by atoms with van der Waals surface area (Å²) >= 11 is 6.03. The van der Waals surface area contributed by atoms with Crippen molar-refractivity contribution in [3.8, 4) is 11.3 Å². The minimum atomic E-state index is 0.492. The molecule has 0 radical (unpaired) electrons. The van der Waals surface area contributed by atoms with Gasteiger partial charge in [-0.15, -0.1) is 0 Å². The summed E-state index contributed by atoms with van der Waals surface area (Å²) in [6, 6.07) is 1.79. The van der Waals surface area contributed by atoms with Crippen LogP contribution in [0.3, 0.4) is 0 Å². The minimum Gasteiger partial charge on any atom is -0.272 e. The molecule has 0 saturated carbocycles. The van der Waals surface area contributed by atoms with Crippen LogP contribution in [0.1, 0.15) is 32.5 Å². The molecule has 4 nitrogen and oxygen atoms in total. The summed E-state index contributed by atoms with van der Waals surface area (Å²) in [7, 11) is 0. The van der Waals surface area contributed by atoms with Gasteiger partial charge in [0, 0.05) is 30.8 Å². The normalized spacial score (nSPS) is 10.8. The standard InChI is InChI=1S/C13H17ClN4/c1-3-5-13-16-11(7-12(14)17-13)10-8-15-18(9-10)6-4-2/h7-9H,3-6H2,1-2H3. The Hall–Kier alpha value is -1.42. The highest BCUT2D eigenvalue weighted by atomic mass is 35.5. The molecule has 0 N–H and O–H groups in total. The molecule has 18 heavy (non-hydrogen) atoms. The van der Waals surface area contributed by atoms with Crippen LogP contribution in [-0.2, 0) is 13.0 Å². The minimum absolute atomic E-state index is 0.492. The van der Waals surface area contributed by atoms with E-state index in [0.717, 1.165) is 42.9 Å². The second kappa shape index (κ2) is 5.96. The summed E-state index contributed by atoms with van der Waals surface area (Å²) in [6.45, 7) is 5.14. The molecule has 96 valence electrons. The van der Waals surface area contributed by atoms with Gasteiger partial charge in [0.05, 0.1) is 11.9 Å². The Bertz CT molecular complexity index is 521. The molecular weight excluding hydrogens is 248 g/mol. The van der Waals surface area contributed by atoms with Crippen LogP contribution < -0.4 is 0 Å². The molecule has 2 aromatic rings. The summed E-state index contributed by atoms with van der Waals surface area (Å²) in [5.41, 5.74) is 1.84. The van der Waals surface area contributed by atoms with Gasteiger partial charge in [0.25, 0.3) is 0 Å². The Morgan fingerprint density at radius 1 is 1.22 bits per heavy atom. The molecule has 0 spiro atoms. The first kappa shape index (κ1) is 13.0. The number of nitrogens with zero attached hydrogens (tertiary/aromatic N) is 4. The number of rotatable bonds is 5. The Kier molecular flexibility index (Phi) is 4.31. The van der Waals surface area contributed by atoms with Gasteiger partial charge < -0.3 is 0 Å². The van der Waals surface area contributed by atoms with E-state index in [1.54, 1.807) is 6.07 Å². The second-order valence-electron chi connectivity index (χ2n) is 4.23. The number of hydrogen-bond donors (Lipinski definition) is 0. The molecule has 0 aliphatic heterocycles. The highest BCUT2D eigenvalue weighted by Gasteiger charge is 2.07. The summed E-state index contributed by atoms with van der Waals surface area (Å²) in [4.78, 5) is 8.74. The third-order valence-electron chi connectivity index (χ3n) is 2.60. The van der Waals surface area contributed by atoms with Crippen LogP contribution >= 0.6 is 11.6 Å². The molecular formula is C13H17ClN4. The van der Waals surface area contributed by atoms with Crippen molar-refractivity contribution in [2.24, 2.45) is 0 Å². The number of aromatic nitrogens is 4. The molecule has 5 heteroatoms. The lowest BCUT2D eigenvalue weighted by Crippen LogP contribution is -1.97. The van der Waals surface area contributed by atoms with E-state index in [9.17, 15) is 0 Å². The van der Waals surface area contributed by atoms with Gasteiger partial charge in [-0.1, -0.05) is 25.4 Å². The molecule has 0 aliphatic carbocycles. The first-order valence-corrected chi connectivity index (χ1v) is 6.67. The molecule has 0 atom stereocenters. The molecule has 0 unspecified atom stereocenters. The van der Waals surface area contributed by atoms with E-state index >= 15 is 0 Å². The van der Waals surface area contributed by atoms with Crippen molar-refractivity contribution in [2.75, 3.05) is 0 Å². The van der Waals surface area contributed by atoms with Gasteiger partial charge in [-0.2, -0.15) is 5.10 Å². The van der Waals surface area contributed by atoms with Crippen LogP contribution in [0.5, 0.6) is 0 Å². The van der Waals surface area contributed by atoms with Gasteiger partial charge in [-0.05, 0) is 12.8 Å². The topological polar surface area (TPSA) is 43.6 Å². The van der Waals surface area contributed by atoms with Crippen molar-refractivity contribution in [1.82, 2.24) is 19.7 Å². The van der Waals surface area contributed by atoms with Crippen LogP contribution in [0.4, 0.5) is 0 Å². The first-order valence-electron chi connectivity index (χ1n) is 6.29. The average Bonchev–Trinajstić information content (AvgIpc) is 2.78. The van der Waals surface area contributed by atoms with E-state index < -0.39 is 0 Å². The number of hydrogen-bond acceptors (Lipinski definition) is 3. The lowest BCUT2D eigenvalue weighted by Gasteiger charge is -2.02. The van der Waals surface area contributed by atoms with Crippen LogP contribution in [0, 0.1) is 0 Å². The molecule has 2 aromatic heterocycles. The summed E-state index contributed by atoms with van der Waals surface area (Å²) in [6.07, 6.45) is 6.74. The van der Waals surface area contributed by atoms with E-state index in [-0.39, 0.29) is 0 Å². The summed E-state index contributed by atoms with van der Waals surface area (Å²) < 4.78 is 1.92. The zero-order valence-electron chi connectivity index (χ0n) is 10.7. The van der Waals surface area contributed by atoms with Gasteiger partial charge in [0.1, 0.15) is 11.0 Å². The monoisotopic (exact) mass is 264 g/mol. The second-order valence-corrected chi connectivity index (χ2v) is 4.62. The molecule has 0 saturated heterocycles. The average molecular weight is 265 g/mol. The van der Waals surface area contributed by atoms with Crippen LogP contribution in [0.2, 0.25) is 5.15 Å². The smallest absolute Gasteiger partial charge is 0.133 e. The lowest BCUT2D eigenvalue weighted by atomic mass is 10.2. The van der Waals surface area contributed by atoms with Gasteiger partial charge in [0.15, 0.2) is 0 Å². The Morgan fingerprint density at radius 3 is 2.78 bits per heavy atom. The molecule has 0 fully saturated rings. The highest BCUT2D eigenvalue weighted by molar-refractivity contribution is 6.29. The van der Waals surface area contributed by atoms with Crippen LogP contribution in [0.25, 0.3) is 11.3 Å². The third kappa shape index (κ3) is 3.07. The van der Waals surface area contributed by atoms with Crippen molar-refractivity contribution in [2.45, 2.75) is 39.7 Å². The summed E-state index contributed by atoms with van der Waals surface area (Å²) in [5, 5.41) is 4.79. The van der Waals surface area contributed by atoms with Crippen molar-refractivity contribution in [1.29, 1.82) is 0 Å². The third-order valence-corrected chi connectivity index (χ3v) is 2.79. The zero-order chi connectivity index (χ0) is 13.0. The molecule has 2 heterocycles. The van der Waals surface area contributed by atoms with E-state index in [0.29, 0.717) is 5.15 Å². The first-order chi connectivity index (χ1) is 8.72. The number of halogens is 1. The highest BCUT2D eigenvalue weighted by Crippen LogP contribution is 2.19. The fraction of sp³-hybridized carbons (Fsp3) is 0.462. The van der Waals surface area contributed by atoms with Gasteiger partial charge in [0.2, 0.25) is 0 Å². The van der Waals surface area contributed by atoms with Crippen molar-refractivity contribution in [3.63, 3.8) is 0 Å². The van der Waals surface area contributed by atoms with E-state index in [4.69, 9.17) is 11.6 Å². The predicted octanol–water partition coefficient (Wildman–Crippen LogP) is 3.36. The summed E-state index contributed by atoms with van der Waals surface area (Å²) in [5.74, 6) is 0.795. The van der Waals surface area contributed by atoms with Gasteiger partial charge in [-0.25, -0.2) is 9.97 Å². The molecule has 2 rings (SSSR count).